The van der Waals surface area contributed by atoms with Crippen LogP contribution in [0.5, 0.6) is 5.75 Å². The molecule has 0 aromatic heterocycles. The Morgan fingerprint density at radius 2 is 2.10 bits per heavy atom. The molecule has 0 bridgehead atoms. The van der Waals surface area contributed by atoms with Crippen molar-refractivity contribution in [1.29, 1.82) is 0 Å². The number of nitrogens with two attached hydrogens (primary N) is 1. The molecule has 1 aromatic rings. The molecule has 6 nitrogen and oxygen atoms in total. The summed E-state index contributed by atoms with van der Waals surface area (Å²) in [5.41, 5.74) is 6.09. The number of aromatic hydroxyl groups is 1. The summed E-state index contributed by atoms with van der Waals surface area (Å²) < 4.78 is 0. The second-order valence-corrected chi connectivity index (χ2v) is 5.16. The van der Waals surface area contributed by atoms with Crippen LogP contribution in [0.15, 0.2) is 18.2 Å². The van der Waals surface area contributed by atoms with Gasteiger partial charge in [0.15, 0.2) is 0 Å². The molecular weight excluding hydrogens is 258 g/mol. The summed E-state index contributed by atoms with van der Waals surface area (Å²) in [6.07, 6.45) is 1.47. The van der Waals surface area contributed by atoms with Gasteiger partial charge in [-0.25, -0.2) is 0 Å². The number of nitrogens with zero attached hydrogens (tertiary/aromatic N) is 2. The van der Waals surface area contributed by atoms with Gasteiger partial charge in [-0.05, 0) is 31.0 Å². The summed E-state index contributed by atoms with van der Waals surface area (Å²) in [4.78, 5) is 27.6. The zero-order valence-electron chi connectivity index (χ0n) is 11.7. The number of benzene rings is 1. The first-order chi connectivity index (χ1) is 9.41. The Labute approximate surface area is 117 Å². The summed E-state index contributed by atoms with van der Waals surface area (Å²) in [5, 5.41) is 9.58. The number of carbonyl (C=O) groups is 2. The Kier molecular flexibility index (Phi) is 3.83. The van der Waals surface area contributed by atoms with E-state index < -0.39 is 6.04 Å². The molecule has 1 heterocycles. The van der Waals surface area contributed by atoms with Crippen molar-refractivity contribution in [3.63, 3.8) is 0 Å². The number of likely N-dealkylation sites (tertiary alicyclic amines) is 1. The number of anilines is 1. The molecular formula is C14H19N3O3. The first-order valence-corrected chi connectivity index (χ1v) is 6.52. The lowest BCUT2D eigenvalue weighted by molar-refractivity contribution is -0.132. The fourth-order valence-corrected chi connectivity index (χ4v) is 2.41. The van der Waals surface area contributed by atoms with Crippen molar-refractivity contribution >= 4 is 17.5 Å². The number of likely N-dealkylation sites (N-methyl/N-ethyl adjacent to an activating group) is 1. The van der Waals surface area contributed by atoms with Crippen molar-refractivity contribution in [3.05, 3.63) is 23.8 Å². The number of amides is 2. The van der Waals surface area contributed by atoms with Gasteiger partial charge in [0.2, 0.25) is 5.91 Å². The Morgan fingerprint density at radius 3 is 2.70 bits per heavy atom. The number of hydrogen-bond donors (Lipinski definition) is 2. The highest BCUT2D eigenvalue weighted by Crippen LogP contribution is 2.25. The predicted octanol–water partition coefficient (Wildman–Crippen LogP) is 0.667. The molecule has 0 radical (unpaired) electrons. The van der Waals surface area contributed by atoms with E-state index in [1.54, 1.807) is 25.1 Å². The lowest BCUT2D eigenvalue weighted by Gasteiger charge is -2.26. The summed E-state index contributed by atoms with van der Waals surface area (Å²) in [6, 6.07) is 3.97. The Bertz CT molecular complexity index is 542. The van der Waals surface area contributed by atoms with Gasteiger partial charge < -0.3 is 20.6 Å². The van der Waals surface area contributed by atoms with Crippen LogP contribution in [-0.2, 0) is 4.79 Å². The Hall–Kier alpha value is -2.24. The van der Waals surface area contributed by atoms with Crippen molar-refractivity contribution in [2.75, 3.05) is 26.4 Å². The van der Waals surface area contributed by atoms with Gasteiger partial charge in [0.05, 0.1) is 5.69 Å². The minimum absolute atomic E-state index is 0.0736. The predicted molar refractivity (Wildman–Crippen MR) is 75.3 cm³/mol. The third kappa shape index (κ3) is 2.54. The Balaban J connectivity index is 2.23. The van der Waals surface area contributed by atoms with Gasteiger partial charge in [-0.15, -0.1) is 0 Å². The van der Waals surface area contributed by atoms with E-state index in [9.17, 15) is 14.7 Å². The van der Waals surface area contributed by atoms with E-state index in [0.717, 1.165) is 6.42 Å². The van der Waals surface area contributed by atoms with Crippen molar-refractivity contribution in [1.82, 2.24) is 9.80 Å². The average molecular weight is 277 g/mol. The van der Waals surface area contributed by atoms with E-state index in [1.165, 1.54) is 17.0 Å². The fourth-order valence-electron chi connectivity index (χ4n) is 2.41. The standard InChI is InChI=1S/C14H19N3O3/c1-16(2)14(20)11-4-3-7-17(11)13(19)9-5-6-10(15)12(18)8-9/h5-6,8,11,18H,3-4,7,15H2,1-2H3. The highest BCUT2D eigenvalue weighted by atomic mass is 16.3. The fraction of sp³-hybridized carbons (Fsp3) is 0.429. The maximum atomic E-state index is 12.5. The average Bonchev–Trinajstić information content (AvgIpc) is 2.89. The van der Waals surface area contributed by atoms with Gasteiger partial charge in [-0.2, -0.15) is 0 Å². The normalized spacial score (nSPS) is 18.1. The minimum atomic E-state index is -0.419. The van der Waals surface area contributed by atoms with Crippen molar-refractivity contribution in [3.8, 4) is 5.75 Å². The molecule has 1 fully saturated rings. The van der Waals surface area contributed by atoms with Crippen LogP contribution >= 0.6 is 0 Å². The van der Waals surface area contributed by atoms with Crippen LogP contribution in [0, 0.1) is 0 Å². The maximum Gasteiger partial charge on any atom is 0.254 e. The third-order valence-electron chi connectivity index (χ3n) is 3.52. The topological polar surface area (TPSA) is 86.9 Å². The number of rotatable bonds is 2. The number of phenolic OH excluding ortho intramolecular Hbond substituents is 1. The van der Waals surface area contributed by atoms with Crippen LogP contribution in [0.25, 0.3) is 0 Å². The molecule has 1 aliphatic heterocycles. The van der Waals surface area contributed by atoms with Gasteiger partial charge in [0.1, 0.15) is 11.8 Å². The molecule has 108 valence electrons. The van der Waals surface area contributed by atoms with Crippen molar-refractivity contribution in [2.45, 2.75) is 18.9 Å². The van der Waals surface area contributed by atoms with E-state index in [-0.39, 0.29) is 23.3 Å². The SMILES string of the molecule is CN(C)C(=O)C1CCCN1C(=O)c1ccc(N)c(O)c1. The summed E-state index contributed by atoms with van der Waals surface area (Å²) >= 11 is 0. The molecule has 3 N–H and O–H groups in total. The van der Waals surface area contributed by atoms with Gasteiger partial charge in [-0.1, -0.05) is 0 Å². The molecule has 1 saturated heterocycles. The van der Waals surface area contributed by atoms with E-state index in [4.69, 9.17) is 5.73 Å². The molecule has 20 heavy (non-hydrogen) atoms. The zero-order chi connectivity index (χ0) is 14.9. The highest BCUT2D eigenvalue weighted by Gasteiger charge is 2.35. The Morgan fingerprint density at radius 1 is 1.40 bits per heavy atom. The molecule has 2 rings (SSSR count). The van der Waals surface area contributed by atoms with Crippen LogP contribution in [0.3, 0.4) is 0 Å². The number of hydrogen-bond acceptors (Lipinski definition) is 4. The summed E-state index contributed by atoms with van der Waals surface area (Å²) in [6.45, 7) is 0.550. The number of phenols is 1. The lowest BCUT2D eigenvalue weighted by atomic mass is 10.1. The van der Waals surface area contributed by atoms with Crippen molar-refractivity contribution < 1.29 is 14.7 Å². The van der Waals surface area contributed by atoms with E-state index in [2.05, 4.69) is 0 Å². The second-order valence-electron chi connectivity index (χ2n) is 5.16. The number of nitrogen functional groups attached to an aromatic ring is 1. The second kappa shape index (κ2) is 5.40. The van der Waals surface area contributed by atoms with E-state index >= 15 is 0 Å². The molecule has 0 aliphatic carbocycles. The van der Waals surface area contributed by atoms with Gasteiger partial charge >= 0.3 is 0 Å². The molecule has 1 aliphatic rings. The summed E-state index contributed by atoms with van der Waals surface area (Å²) in [5.74, 6) is -0.445. The minimum Gasteiger partial charge on any atom is -0.506 e. The molecule has 6 heteroatoms. The van der Waals surface area contributed by atoms with E-state index in [1.807, 2.05) is 0 Å². The van der Waals surface area contributed by atoms with Crippen LogP contribution < -0.4 is 5.73 Å². The third-order valence-corrected chi connectivity index (χ3v) is 3.52. The van der Waals surface area contributed by atoms with Crippen LogP contribution in [0.4, 0.5) is 5.69 Å². The maximum absolute atomic E-state index is 12.5. The lowest BCUT2D eigenvalue weighted by Crippen LogP contribution is -2.45. The van der Waals surface area contributed by atoms with Crippen LogP contribution in [-0.4, -0.2) is 53.4 Å². The van der Waals surface area contributed by atoms with Crippen LogP contribution in [0.2, 0.25) is 0 Å². The zero-order valence-corrected chi connectivity index (χ0v) is 11.7. The van der Waals surface area contributed by atoms with Crippen molar-refractivity contribution in [2.24, 2.45) is 0 Å². The van der Waals surface area contributed by atoms with Gasteiger partial charge in [0, 0.05) is 26.2 Å². The largest absolute Gasteiger partial charge is 0.506 e. The number of carbonyl (C=O) groups excluding carboxylic acids is 2. The quantitative estimate of drug-likeness (QED) is 0.614. The molecule has 1 aromatic carbocycles. The highest BCUT2D eigenvalue weighted by molar-refractivity contribution is 5.98. The molecule has 1 unspecified atom stereocenters. The monoisotopic (exact) mass is 277 g/mol. The summed E-state index contributed by atoms with van der Waals surface area (Å²) in [7, 11) is 3.36. The smallest absolute Gasteiger partial charge is 0.254 e. The molecule has 1 atom stereocenters. The van der Waals surface area contributed by atoms with Gasteiger partial charge in [-0.3, -0.25) is 9.59 Å². The first-order valence-electron chi connectivity index (χ1n) is 6.52. The molecule has 2 amide bonds. The molecule has 0 spiro atoms. The van der Waals surface area contributed by atoms with Crippen LogP contribution in [0.1, 0.15) is 23.2 Å². The van der Waals surface area contributed by atoms with E-state index in [0.29, 0.717) is 18.5 Å². The molecule has 0 saturated carbocycles. The first kappa shape index (κ1) is 14.2. The van der Waals surface area contributed by atoms with Gasteiger partial charge in [0.25, 0.3) is 5.91 Å².